The highest BCUT2D eigenvalue weighted by molar-refractivity contribution is 5.85. The monoisotopic (exact) mass is 274 g/mol. The van der Waals surface area contributed by atoms with Gasteiger partial charge in [-0.05, 0) is 43.9 Å². The molecule has 1 aliphatic carbocycles. The molecule has 0 aromatic heterocycles. The first-order valence-corrected chi connectivity index (χ1v) is 7.30. The lowest BCUT2D eigenvalue weighted by Gasteiger charge is -2.29. The maximum absolute atomic E-state index is 12.3. The van der Waals surface area contributed by atoms with Crippen LogP contribution in [0.1, 0.15) is 24.8 Å². The first kappa shape index (κ1) is 13.4. The van der Waals surface area contributed by atoms with E-state index >= 15 is 0 Å². The number of carbonyl (C=O) groups is 1. The molecule has 1 unspecified atom stereocenters. The Morgan fingerprint density at radius 2 is 2.25 bits per heavy atom. The Kier molecular flexibility index (Phi) is 3.42. The molecule has 1 saturated carbocycles. The summed E-state index contributed by atoms with van der Waals surface area (Å²) in [6, 6.07) is 8.83. The van der Waals surface area contributed by atoms with Crippen LogP contribution >= 0.6 is 0 Å². The van der Waals surface area contributed by atoms with Gasteiger partial charge in [0.05, 0.1) is 7.11 Å². The van der Waals surface area contributed by atoms with Crippen LogP contribution in [0.25, 0.3) is 0 Å². The summed E-state index contributed by atoms with van der Waals surface area (Å²) >= 11 is 0. The Bertz CT molecular complexity index is 513. The molecule has 0 spiro atoms. The number of likely N-dealkylation sites (tertiary alicyclic amines) is 1. The molecule has 3 rings (SSSR count). The van der Waals surface area contributed by atoms with Crippen molar-refractivity contribution < 1.29 is 9.53 Å². The normalized spacial score (nSPS) is 26.5. The Hall–Kier alpha value is -1.55. The number of methoxy groups -OCH3 is 1. The molecule has 4 heteroatoms. The van der Waals surface area contributed by atoms with Gasteiger partial charge in [0.25, 0.3) is 0 Å². The summed E-state index contributed by atoms with van der Waals surface area (Å²) in [7, 11) is 1.47. The van der Waals surface area contributed by atoms with Gasteiger partial charge in [-0.2, -0.15) is 0 Å². The average Bonchev–Trinajstić information content (AvgIpc) is 3.20. The van der Waals surface area contributed by atoms with E-state index in [1.165, 1.54) is 25.5 Å². The number of rotatable bonds is 4. The van der Waals surface area contributed by atoms with Gasteiger partial charge < -0.3 is 10.1 Å². The van der Waals surface area contributed by atoms with Crippen molar-refractivity contribution in [3.8, 4) is 0 Å². The largest absolute Gasteiger partial charge is 0.467 e. The molecule has 2 aliphatic rings. The zero-order valence-electron chi connectivity index (χ0n) is 12.2. The molecule has 0 amide bonds. The van der Waals surface area contributed by atoms with Gasteiger partial charge in [0.1, 0.15) is 5.54 Å². The van der Waals surface area contributed by atoms with Crippen LogP contribution in [0.3, 0.4) is 0 Å². The van der Waals surface area contributed by atoms with Crippen LogP contribution in [-0.2, 0) is 9.53 Å². The predicted molar refractivity (Wildman–Crippen MR) is 78.8 cm³/mol. The van der Waals surface area contributed by atoms with Crippen molar-refractivity contribution >= 4 is 11.7 Å². The number of carbonyl (C=O) groups excluding carboxylic acids is 1. The third-order valence-corrected chi connectivity index (χ3v) is 4.34. The number of hydrogen-bond acceptors (Lipinski definition) is 4. The van der Waals surface area contributed by atoms with Crippen LogP contribution in [0.5, 0.6) is 0 Å². The molecule has 1 atom stereocenters. The molecular formula is C16H22N2O2. The standard InChI is InChI=1S/C16H22N2O2/c1-12-4-3-5-13(10-12)17-16(15(19)20-2)8-9-18(11-16)14-6-7-14/h3-5,10,14,17H,6-9,11H2,1-2H3. The number of nitrogens with zero attached hydrogens (tertiary/aromatic N) is 1. The summed E-state index contributed by atoms with van der Waals surface area (Å²) in [5, 5.41) is 3.44. The first-order valence-electron chi connectivity index (χ1n) is 7.30. The summed E-state index contributed by atoms with van der Waals surface area (Å²) in [5.74, 6) is -0.151. The molecule has 20 heavy (non-hydrogen) atoms. The van der Waals surface area contributed by atoms with E-state index < -0.39 is 5.54 Å². The van der Waals surface area contributed by atoms with Crippen LogP contribution in [0.4, 0.5) is 5.69 Å². The van der Waals surface area contributed by atoms with Gasteiger partial charge >= 0.3 is 5.97 Å². The van der Waals surface area contributed by atoms with E-state index in [-0.39, 0.29) is 5.97 Å². The first-order chi connectivity index (χ1) is 9.63. The molecular weight excluding hydrogens is 252 g/mol. The van der Waals surface area contributed by atoms with Gasteiger partial charge in [0.15, 0.2) is 0 Å². The van der Waals surface area contributed by atoms with Gasteiger partial charge in [0.2, 0.25) is 0 Å². The molecule has 1 N–H and O–H groups in total. The molecule has 108 valence electrons. The summed E-state index contributed by atoms with van der Waals surface area (Å²) in [4.78, 5) is 14.7. The van der Waals surface area contributed by atoms with Gasteiger partial charge in [-0.1, -0.05) is 12.1 Å². The predicted octanol–water partition coefficient (Wildman–Crippen LogP) is 2.19. The Labute approximate surface area is 120 Å². The number of ether oxygens (including phenoxy) is 1. The van der Waals surface area contributed by atoms with Crippen LogP contribution in [0.2, 0.25) is 0 Å². The van der Waals surface area contributed by atoms with Crippen molar-refractivity contribution in [3.63, 3.8) is 0 Å². The average molecular weight is 274 g/mol. The summed E-state index contributed by atoms with van der Waals surface area (Å²) in [6.45, 7) is 3.78. The van der Waals surface area contributed by atoms with Crippen LogP contribution in [0.15, 0.2) is 24.3 Å². The molecule has 1 saturated heterocycles. The maximum Gasteiger partial charge on any atom is 0.332 e. The second kappa shape index (κ2) is 5.09. The zero-order valence-corrected chi connectivity index (χ0v) is 12.2. The highest BCUT2D eigenvalue weighted by Crippen LogP contribution is 2.35. The highest BCUT2D eigenvalue weighted by Gasteiger charge is 2.49. The van der Waals surface area contributed by atoms with E-state index in [2.05, 4.69) is 29.3 Å². The zero-order chi connectivity index (χ0) is 14.2. The minimum atomic E-state index is -0.592. The number of benzene rings is 1. The molecule has 4 nitrogen and oxygen atoms in total. The lowest BCUT2D eigenvalue weighted by Crippen LogP contribution is -2.49. The van der Waals surface area contributed by atoms with Crippen LogP contribution < -0.4 is 5.32 Å². The maximum atomic E-state index is 12.3. The van der Waals surface area contributed by atoms with Crippen molar-refractivity contribution in [1.82, 2.24) is 4.90 Å². The highest BCUT2D eigenvalue weighted by atomic mass is 16.5. The lowest BCUT2D eigenvalue weighted by atomic mass is 9.98. The molecule has 1 aromatic rings. The van der Waals surface area contributed by atoms with Crippen molar-refractivity contribution in [2.45, 2.75) is 37.8 Å². The third kappa shape index (κ3) is 2.52. The summed E-state index contributed by atoms with van der Waals surface area (Å²) < 4.78 is 5.06. The van der Waals surface area contributed by atoms with E-state index in [0.29, 0.717) is 6.04 Å². The van der Waals surface area contributed by atoms with Crippen molar-refractivity contribution in [2.75, 3.05) is 25.5 Å². The summed E-state index contributed by atoms with van der Waals surface area (Å²) in [6.07, 6.45) is 3.34. The number of esters is 1. The Morgan fingerprint density at radius 3 is 2.90 bits per heavy atom. The van der Waals surface area contributed by atoms with Gasteiger partial charge in [-0.25, -0.2) is 4.79 Å². The van der Waals surface area contributed by atoms with Crippen LogP contribution in [-0.4, -0.2) is 42.6 Å². The smallest absolute Gasteiger partial charge is 0.332 e. The summed E-state index contributed by atoms with van der Waals surface area (Å²) in [5.41, 5.74) is 1.59. The lowest BCUT2D eigenvalue weighted by molar-refractivity contribution is -0.145. The minimum absolute atomic E-state index is 0.151. The van der Waals surface area contributed by atoms with E-state index in [0.717, 1.165) is 25.2 Å². The van der Waals surface area contributed by atoms with Crippen molar-refractivity contribution in [2.24, 2.45) is 0 Å². The molecule has 1 heterocycles. The Morgan fingerprint density at radius 1 is 1.45 bits per heavy atom. The van der Waals surface area contributed by atoms with Gasteiger partial charge in [0, 0.05) is 24.8 Å². The molecule has 1 aromatic carbocycles. The molecule has 0 bridgehead atoms. The van der Waals surface area contributed by atoms with E-state index in [4.69, 9.17) is 4.74 Å². The van der Waals surface area contributed by atoms with E-state index in [1.54, 1.807) is 0 Å². The van der Waals surface area contributed by atoms with Crippen molar-refractivity contribution in [3.05, 3.63) is 29.8 Å². The van der Waals surface area contributed by atoms with Gasteiger partial charge in [-0.15, -0.1) is 0 Å². The van der Waals surface area contributed by atoms with Crippen LogP contribution in [0, 0.1) is 6.92 Å². The molecule has 2 fully saturated rings. The van der Waals surface area contributed by atoms with E-state index in [9.17, 15) is 4.79 Å². The minimum Gasteiger partial charge on any atom is -0.467 e. The quantitative estimate of drug-likeness (QED) is 0.855. The number of nitrogens with one attached hydrogen (secondary N) is 1. The number of anilines is 1. The fourth-order valence-electron chi connectivity index (χ4n) is 3.10. The topological polar surface area (TPSA) is 41.6 Å². The fraction of sp³-hybridized carbons (Fsp3) is 0.562. The number of aryl methyl sites for hydroxylation is 1. The van der Waals surface area contributed by atoms with Crippen molar-refractivity contribution in [1.29, 1.82) is 0 Å². The third-order valence-electron chi connectivity index (χ3n) is 4.34. The number of hydrogen-bond donors (Lipinski definition) is 1. The Balaban J connectivity index is 1.81. The molecule has 1 aliphatic heterocycles. The molecule has 0 radical (unpaired) electrons. The second-order valence-electron chi connectivity index (χ2n) is 6.02. The van der Waals surface area contributed by atoms with Gasteiger partial charge in [-0.3, -0.25) is 4.90 Å². The fourth-order valence-corrected chi connectivity index (χ4v) is 3.10. The van der Waals surface area contributed by atoms with E-state index in [1.807, 2.05) is 12.1 Å². The second-order valence-corrected chi connectivity index (χ2v) is 6.02. The SMILES string of the molecule is COC(=O)C1(Nc2cccc(C)c2)CCN(C2CC2)C1.